The topological polar surface area (TPSA) is 46.3 Å². The van der Waals surface area contributed by atoms with E-state index in [-0.39, 0.29) is 11.9 Å². The van der Waals surface area contributed by atoms with Crippen molar-refractivity contribution in [3.63, 3.8) is 0 Å². The van der Waals surface area contributed by atoms with E-state index >= 15 is 0 Å². The first-order valence-electron chi connectivity index (χ1n) is 5.15. The minimum Gasteiger partial charge on any atom is -0.332 e. The third-order valence-corrected chi connectivity index (χ3v) is 2.65. The predicted octanol–water partition coefficient (Wildman–Crippen LogP) is 0.596. The van der Waals surface area contributed by atoms with Gasteiger partial charge in [-0.1, -0.05) is 5.92 Å². The van der Waals surface area contributed by atoms with Gasteiger partial charge in [0.2, 0.25) is 5.91 Å². The summed E-state index contributed by atoms with van der Waals surface area (Å²) in [5.74, 6) is 3.14. The number of hydrogen-bond acceptors (Lipinski definition) is 2. The molecule has 0 radical (unpaired) electrons. The van der Waals surface area contributed by atoms with E-state index in [0.29, 0.717) is 25.4 Å². The van der Waals surface area contributed by atoms with Crippen molar-refractivity contribution >= 4 is 5.91 Å². The van der Waals surface area contributed by atoms with Crippen LogP contribution < -0.4 is 5.73 Å². The molecule has 2 N–H and O–H groups in total. The fraction of sp³-hybridized carbons (Fsp3) is 0.727. The summed E-state index contributed by atoms with van der Waals surface area (Å²) in [6, 6.07) is 0.0364. The lowest BCUT2D eigenvalue weighted by atomic mass is 10.1. The summed E-state index contributed by atoms with van der Waals surface area (Å²) in [5, 5.41) is 0. The lowest BCUT2D eigenvalue weighted by Gasteiger charge is -2.20. The van der Waals surface area contributed by atoms with Gasteiger partial charge in [-0.2, -0.15) is 0 Å². The molecule has 14 heavy (non-hydrogen) atoms. The van der Waals surface area contributed by atoms with Crippen LogP contribution in [0.4, 0.5) is 0 Å². The van der Waals surface area contributed by atoms with E-state index in [2.05, 4.69) is 5.92 Å². The molecular weight excluding hydrogens is 176 g/mol. The highest BCUT2D eigenvalue weighted by atomic mass is 16.2. The summed E-state index contributed by atoms with van der Waals surface area (Å²) in [6.07, 6.45) is 7.97. The summed E-state index contributed by atoms with van der Waals surface area (Å²) in [4.78, 5) is 13.3. The average molecular weight is 194 g/mol. The number of amides is 1. The van der Waals surface area contributed by atoms with Crippen LogP contribution in [-0.4, -0.2) is 29.9 Å². The molecule has 0 aromatic rings. The molecular formula is C11H18N2O. The van der Waals surface area contributed by atoms with Crippen molar-refractivity contribution in [1.82, 2.24) is 4.90 Å². The molecule has 1 amide bonds. The van der Waals surface area contributed by atoms with Crippen molar-refractivity contribution in [2.45, 2.75) is 32.2 Å². The van der Waals surface area contributed by atoms with E-state index in [1.165, 1.54) is 12.8 Å². The zero-order chi connectivity index (χ0) is 10.6. The molecule has 1 rings (SSSR count). The molecule has 1 fully saturated rings. The van der Waals surface area contributed by atoms with Crippen molar-refractivity contribution < 1.29 is 4.79 Å². The first kappa shape index (κ1) is 11.1. The lowest BCUT2D eigenvalue weighted by molar-refractivity contribution is -0.130. The molecule has 0 saturated heterocycles. The van der Waals surface area contributed by atoms with Crippen molar-refractivity contribution in [1.29, 1.82) is 0 Å². The number of hydrogen-bond donors (Lipinski definition) is 1. The molecule has 0 aliphatic heterocycles. The highest BCUT2D eigenvalue weighted by molar-refractivity contribution is 5.77. The maximum atomic E-state index is 11.7. The second-order valence-corrected chi connectivity index (χ2v) is 3.82. The number of nitrogens with two attached hydrogens (primary N) is 1. The van der Waals surface area contributed by atoms with E-state index in [1.54, 1.807) is 4.90 Å². The first-order chi connectivity index (χ1) is 6.69. The molecule has 0 heterocycles. The number of nitrogens with zero attached hydrogens (tertiary/aromatic N) is 1. The maximum Gasteiger partial charge on any atom is 0.224 e. The summed E-state index contributed by atoms with van der Waals surface area (Å²) in [5.41, 5.74) is 5.87. The number of rotatable bonds is 5. The molecule has 1 aliphatic rings. The third-order valence-electron chi connectivity index (χ3n) is 2.65. The van der Waals surface area contributed by atoms with Gasteiger partial charge in [0.1, 0.15) is 0 Å². The predicted molar refractivity (Wildman–Crippen MR) is 56.4 cm³/mol. The molecule has 3 nitrogen and oxygen atoms in total. The Morgan fingerprint density at radius 1 is 1.71 bits per heavy atom. The number of carbonyl (C=O) groups excluding carboxylic acids is 1. The van der Waals surface area contributed by atoms with Crippen LogP contribution in [0.25, 0.3) is 0 Å². The Hall–Kier alpha value is -1.01. The quantitative estimate of drug-likeness (QED) is 0.651. The number of carbonyl (C=O) groups is 1. The lowest BCUT2D eigenvalue weighted by Crippen LogP contribution is -2.36. The summed E-state index contributed by atoms with van der Waals surface area (Å²) >= 11 is 0. The molecule has 0 aromatic carbocycles. The molecule has 1 unspecified atom stereocenters. The van der Waals surface area contributed by atoms with Crippen LogP contribution in [0, 0.1) is 18.3 Å². The Kier molecular flexibility index (Phi) is 3.97. The molecule has 0 bridgehead atoms. The Labute approximate surface area is 85.6 Å². The third kappa shape index (κ3) is 3.04. The van der Waals surface area contributed by atoms with Gasteiger partial charge < -0.3 is 10.6 Å². The summed E-state index contributed by atoms with van der Waals surface area (Å²) in [7, 11) is 0. The second-order valence-electron chi connectivity index (χ2n) is 3.82. The second kappa shape index (κ2) is 5.02. The minimum atomic E-state index is 0.0364. The van der Waals surface area contributed by atoms with Crippen LogP contribution in [0.2, 0.25) is 0 Å². The van der Waals surface area contributed by atoms with E-state index < -0.39 is 0 Å². The van der Waals surface area contributed by atoms with Crippen LogP contribution in [0.5, 0.6) is 0 Å². The van der Waals surface area contributed by atoms with Crippen LogP contribution in [0.1, 0.15) is 26.2 Å². The Morgan fingerprint density at radius 2 is 2.36 bits per heavy atom. The Balaban J connectivity index is 2.34. The van der Waals surface area contributed by atoms with E-state index in [9.17, 15) is 4.79 Å². The van der Waals surface area contributed by atoms with E-state index in [0.717, 1.165) is 0 Å². The molecule has 1 atom stereocenters. The van der Waals surface area contributed by atoms with Crippen LogP contribution >= 0.6 is 0 Å². The van der Waals surface area contributed by atoms with Crippen LogP contribution in [0.15, 0.2) is 0 Å². The maximum absolute atomic E-state index is 11.7. The highest BCUT2D eigenvalue weighted by Crippen LogP contribution is 2.32. The molecule has 1 aliphatic carbocycles. The van der Waals surface area contributed by atoms with Gasteiger partial charge in [0.15, 0.2) is 0 Å². The van der Waals surface area contributed by atoms with Gasteiger partial charge >= 0.3 is 0 Å². The average Bonchev–Trinajstić information content (AvgIpc) is 2.96. The van der Waals surface area contributed by atoms with Gasteiger partial charge in [-0.05, 0) is 25.7 Å². The monoisotopic (exact) mass is 194 g/mol. The zero-order valence-electron chi connectivity index (χ0n) is 8.70. The number of terminal acetylenes is 1. The van der Waals surface area contributed by atoms with Gasteiger partial charge in [-0.25, -0.2) is 0 Å². The Bertz CT molecular complexity index is 240. The zero-order valence-corrected chi connectivity index (χ0v) is 8.70. The van der Waals surface area contributed by atoms with Crippen molar-refractivity contribution in [2.75, 3.05) is 13.1 Å². The van der Waals surface area contributed by atoms with Crippen molar-refractivity contribution in [3.8, 4) is 12.3 Å². The van der Waals surface area contributed by atoms with E-state index in [1.807, 2.05) is 6.92 Å². The smallest absolute Gasteiger partial charge is 0.224 e. The van der Waals surface area contributed by atoms with Crippen molar-refractivity contribution in [3.05, 3.63) is 0 Å². The molecule has 0 spiro atoms. The molecule has 0 aromatic heterocycles. The van der Waals surface area contributed by atoms with Gasteiger partial charge in [-0.15, -0.1) is 6.42 Å². The molecule has 3 heteroatoms. The van der Waals surface area contributed by atoms with Gasteiger partial charge in [0.05, 0.1) is 6.54 Å². The SMILES string of the molecule is C#CCN(CC)C(=O)CC(N)C1CC1. The largest absolute Gasteiger partial charge is 0.332 e. The van der Waals surface area contributed by atoms with Crippen LogP contribution in [-0.2, 0) is 4.79 Å². The standard InChI is InChI=1S/C11H18N2O/c1-3-7-13(4-2)11(14)8-10(12)9-5-6-9/h1,9-10H,4-8,12H2,2H3. The Morgan fingerprint density at radius 3 is 2.79 bits per heavy atom. The van der Waals surface area contributed by atoms with Gasteiger partial charge in [0, 0.05) is 19.0 Å². The van der Waals surface area contributed by atoms with Gasteiger partial charge in [0.25, 0.3) is 0 Å². The normalized spacial score (nSPS) is 17.2. The summed E-state index contributed by atoms with van der Waals surface area (Å²) in [6.45, 7) is 2.99. The van der Waals surface area contributed by atoms with Gasteiger partial charge in [-0.3, -0.25) is 4.79 Å². The minimum absolute atomic E-state index is 0.0364. The molecule has 78 valence electrons. The fourth-order valence-corrected chi connectivity index (χ4v) is 1.51. The fourth-order valence-electron chi connectivity index (χ4n) is 1.51. The first-order valence-corrected chi connectivity index (χ1v) is 5.15. The van der Waals surface area contributed by atoms with Crippen LogP contribution in [0.3, 0.4) is 0 Å². The summed E-state index contributed by atoms with van der Waals surface area (Å²) < 4.78 is 0. The van der Waals surface area contributed by atoms with Crippen molar-refractivity contribution in [2.24, 2.45) is 11.7 Å². The van der Waals surface area contributed by atoms with E-state index in [4.69, 9.17) is 12.2 Å². The highest BCUT2D eigenvalue weighted by Gasteiger charge is 2.30. The molecule has 1 saturated carbocycles.